The maximum Gasteiger partial charge on any atom is 0.408 e. The summed E-state index contributed by atoms with van der Waals surface area (Å²) in [6, 6.07) is 17.0. The molecule has 0 saturated heterocycles. The molecule has 10 rings (SSSR count). The summed E-state index contributed by atoms with van der Waals surface area (Å²) in [4.78, 5) is 36.8. The van der Waals surface area contributed by atoms with Crippen molar-refractivity contribution in [2.24, 2.45) is 5.92 Å². The lowest BCUT2D eigenvalue weighted by Crippen LogP contribution is -2.49. The Morgan fingerprint density at radius 1 is 1.12 bits per heavy atom. The van der Waals surface area contributed by atoms with E-state index in [1.807, 2.05) is 32.0 Å². The number of hydrogen-bond donors (Lipinski definition) is 3. The highest BCUT2D eigenvalue weighted by Crippen LogP contribution is 2.61. The van der Waals surface area contributed by atoms with Gasteiger partial charge in [-0.3, -0.25) is 4.79 Å². The molecule has 2 amide bonds. The number of ether oxygens (including phenoxy) is 2. The normalized spacial score (nSPS) is 22.7. The van der Waals surface area contributed by atoms with Crippen LogP contribution in [0, 0.1) is 5.92 Å². The Kier molecular flexibility index (Phi) is 6.25. The quantitative estimate of drug-likeness (QED) is 0.183. The van der Waals surface area contributed by atoms with Gasteiger partial charge in [-0.15, -0.1) is 0 Å². The molecule has 0 fully saturated rings. The van der Waals surface area contributed by atoms with Gasteiger partial charge in [-0.1, -0.05) is 81.1 Å². The van der Waals surface area contributed by atoms with Gasteiger partial charge in [0.2, 0.25) is 17.7 Å². The van der Waals surface area contributed by atoms with E-state index in [1.54, 1.807) is 6.20 Å². The van der Waals surface area contributed by atoms with Gasteiger partial charge in [0.15, 0.2) is 23.4 Å². The van der Waals surface area contributed by atoms with Crippen molar-refractivity contribution >= 4 is 23.3 Å². The Hall–Kier alpha value is -6.10. The topological polar surface area (TPSA) is 141 Å². The zero-order chi connectivity index (χ0) is 34.6. The molecule has 4 atom stereocenters. The van der Waals surface area contributed by atoms with Crippen molar-refractivity contribution in [1.29, 1.82) is 0 Å². The third-order valence-corrected chi connectivity index (χ3v) is 10.7. The minimum absolute atomic E-state index is 0.0107. The number of anilines is 1. The number of hydrogen-bond acceptors (Lipinski definition) is 9. The molecule has 3 aromatic carbocycles. The van der Waals surface area contributed by atoms with Crippen LogP contribution in [-0.2, 0) is 27.8 Å². The number of amides is 2. The molecular weight excluding hydrogens is 646 g/mol. The fourth-order valence-electron chi connectivity index (χ4n) is 8.42. The van der Waals surface area contributed by atoms with Crippen LogP contribution in [0.15, 0.2) is 88.4 Å². The fraction of sp³-hybridized carbons (Fsp3) is 0.250. The molecule has 2 unspecified atom stereocenters. The molecule has 5 aromatic rings. The largest absolute Gasteiger partial charge is 0.469 e. The zero-order valence-corrected chi connectivity index (χ0v) is 27.9. The summed E-state index contributed by atoms with van der Waals surface area (Å²) in [5.74, 6) is 1.85. The first-order valence-corrected chi connectivity index (χ1v) is 17.2. The number of carbonyl (C=O) groups excluding carboxylic acids is 2. The number of nitrogens with zero attached hydrogens (tertiary/aromatic N) is 2. The molecule has 11 nitrogen and oxygen atoms in total. The van der Waals surface area contributed by atoms with E-state index in [-0.39, 0.29) is 18.9 Å². The van der Waals surface area contributed by atoms with Crippen LogP contribution >= 0.6 is 0 Å². The fourth-order valence-corrected chi connectivity index (χ4v) is 8.42. The van der Waals surface area contributed by atoms with Crippen LogP contribution in [0.4, 0.5) is 10.5 Å². The molecule has 11 heteroatoms. The summed E-state index contributed by atoms with van der Waals surface area (Å²) in [5, 5.41) is 9.68. The van der Waals surface area contributed by atoms with Crippen molar-refractivity contribution in [1.82, 2.24) is 20.6 Å². The molecule has 51 heavy (non-hydrogen) atoms. The highest BCUT2D eigenvalue weighted by molar-refractivity contribution is 5.97. The van der Waals surface area contributed by atoms with Gasteiger partial charge in [-0.25, -0.2) is 14.8 Å². The second kappa shape index (κ2) is 10.7. The second-order valence-corrected chi connectivity index (χ2v) is 13.9. The average Bonchev–Trinajstić information content (AvgIpc) is 3.95. The summed E-state index contributed by atoms with van der Waals surface area (Å²) in [6.45, 7) is 7.58. The Balaban J connectivity index is 1.27. The number of allylic oxidation sites excluding steroid dienone is 1. The molecule has 1 aliphatic carbocycles. The number of para-hydroxylation sites is 1. The Morgan fingerprint density at radius 3 is 2.84 bits per heavy atom. The van der Waals surface area contributed by atoms with Gasteiger partial charge >= 0.3 is 6.09 Å². The van der Waals surface area contributed by atoms with Gasteiger partial charge in [-0.2, -0.15) is 0 Å². The summed E-state index contributed by atoms with van der Waals surface area (Å²) < 4.78 is 25.6. The van der Waals surface area contributed by atoms with Crippen molar-refractivity contribution in [3.05, 3.63) is 125 Å². The van der Waals surface area contributed by atoms with E-state index < -0.39 is 35.7 Å². The maximum absolute atomic E-state index is 14.0. The number of nitrogens with one attached hydrogen (secondary N) is 3. The minimum atomic E-state index is -1.03. The number of fused-ring (bicyclic) bond motifs is 7. The Bertz CT molecular complexity index is 2370. The summed E-state index contributed by atoms with van der Waals surface area (Å²) in [5.41, 5.74) is 8.37. The van der Waals surface area contributed by atoms with E-state index in [0.717, 1.165) is 51.1 Å². The molecule has 5 aliphatic rings. The highest BCUT2D eigenvalue weighted by Gasteiger charge is 2.61. The smallest absolute Gasteiger partial charge is 0.408 e. The first kappa shape index (κ1) is 29.8. The van der Waals surface area contributed by atoms with E-state index in [4.69, 9.17) is 28.3 Å². The number of alkyl carbamates (subject to hydrolysis) is 1. The zero-order valence-electron chi connectivity index (χ0n) is 27.9. The molecule has 2 aromatic heterocycles. The van der Waals surface area contributed by atoms with Gasteiger partial charge < -0.3 is 34.3 Å². The lowest BCUT2D eigenvalue weighted by Gasteiger charge is -2.28. The van der Waals surface area contributed by atoms with Gasteiger partial charge in [0.05, 0.1) is 6.20 Å². The van der Waals surface area contributed by atoms with Crippen molar-refractivity contribution in [2.75, 3.05) is 11.9 Å². The average molecular weight is 680 g/mol. The number of aromatic nitrogens is 2. The molecule has 0 radical (unpaired) electrons. The standard InChI is InChI=1S/C40H33N5O6/c1-4-15-48-39(47)42-27-17-20-11-14-28-26(16-20)40-25-10-6-9-23(32(25)45-38(40)50-28)22-8-5-7-21-12-13-24(30(21)22)29-18-41-36(49-29)33-34(40)51-37(44-33)31(19(2)3)43-35(27)46/h4-11,13-14,16,18-19,27,31,38,45H,1,12,15,17H2,2-3H3,(H,42,47)(H,43,46)/t27?,31-,38-,40?/m0/s1. The molecule has 4 aliphatic heterocycles. The summed E-state index contributed by atoms with van der Waals surface area (Å²) >= 11 is 0. The van der Waals surface area contributed by atoms with Crippen LogP contribution in [0.1, 0.15) is 65.1 Å². The summed E-state index contributed by atoms with van der Waals surface area (Å²) in [6.07, 6.45) is 5.05. The SMILES string of the molecule is C=CCOC(=O)NC1Cc2ccc3c(c2)C24c5cccc(c5N[C@H]2O3)-c2cccc3c2C(=CC3)c2cnc(o2)-c2nc(oc24)[C@H](C(C)C)NC1=O. The first-order chi connectivity index (χ1) is 24.8. The van der Waals surface area contributed by atoms with Crippen LogP contribution < -0.4 is 20.7 Å². The van der Waals surface area contributed by atoms with E-state index in [1.165, 1.54) is 11.6 Å². The minimum Gasteiger partial charge on any atom is -0.469 e. The van der Waals surface area contributed by atoms with Gasteiger partial charge in [0.1, 0.15) is 29.9 Å². The van der Waals surface area contributed by atoms with Crippen molar-refractivity contribution in [2.45, 2.75) is 50.4 Å². The van der Waals surface area contributed by atoms with Gasteiger partial charge in [-0.05, 0) is 40.7 Å². The van der Waals surface area contributed by atoms with Gasteiger partial charge in [0, 0.05) is 34.4 Å². The van der Waals surface area contributed by atoms with Crippen LogP contribution in [0.25, 0.3) is 28.3 Å². The Morgan fingerprint density at radius 2 is 1.98 bits per heavy atom. The lowest BCUT2D eigenvalue weighted by molar-refractivity contribution is -0.124. The Labute approximate surface area is 292 Å². The van der Waals surface area contributed by atoms with E-state index >= 15 is 0 Å². The molecule has 254 valence electrons. The lowest BCUT2D eigenvalue weighted by atomic mass is 9.72. The molecular formula is C40H33N5O6. The first-order valence-electron chi connectivity index (χ1n) is 17.2. The third kappa shape index (κ3) is 4.11. The van der Waals surface area contributed by atoms with E-state index in [9.17, 15) is 9.59 Å². The predicted molar refractivity (Wildman–Crippen MR) is 187 cm³/mol. The van der Waals surface area contributed by atoms with Crippen molar-refractivity contribution < 1.29 is 27.9 Å². The highest BCUT2D eigenvalue weighted by atomic mass is 16.5. The van der Waals surface area contributed by atoms with Crippen LogP contribution in [0.2, 0.25) is 0 Å². The number of oxazole rings is 2. The third-order valence-electron chi connectivity index (χ3n) is 10.7. The number of carbonyl (C=O) groups is 2. The molecule has 10 bridgehead atoms. The van der Waals surface area contributed by atoms with E-state index in [2.05, 4.69) is 65.0 Å². The number of rotatable bonds is 4. The molecule has 6 heterocycles. The van der Waals surface area contributed by atoms with Crippen molar-refractivity contribution in [3.8, 4) is 28.5 Å². The molecule has 3 N–H and O–H groups in total. The molecule has 0 saturated carbocycles. The van der Waals surface area contributed by atoms with Crippen LogP contribution in [0.5, 0.6) is 5.75 Å². The predicted octanol–water partition coefficient (Wildman–Crippen LogP) is 6.43. The van der Waals surface area contributed by atoms with E-state index in [0.29, 0.717) is 34.7 Å². The molecule has 1 spiro atoms. The van der Waals surface area contributed by atoms with Crippen LogP contribution in [-0.4, -0.2) is 40.8 Å². The van der Waals surface area contributed by atoms with Crippen molar-refractivity contribution in [3.63, 3.8) is 0 Å². The van der Waals surface area contributed by atoms with Crippen LogP contribution in [0.3, 0.4) is 0 Å². The monoisotopic (exact) mass is 679 g/mol. The number of benzene rings is 3. The summed E-state index contributed by atoms with van der Waals surface area (Å²) in [7, 11) is 0. The second-order valence-electron chi connectivity index (χ2n) is 13.9. The maximum atomic E-state index is 14.0. The van der Waals surface area contributed by atoms with Gasteiger partial charge in [0.25, 0.3) is 0 Å².